The third-order valence-corrected chi connectivity index (χ3v) is 2.34. The minimum Gasteiger partial charge on any atom is -0.481 e. The maximum atomic E-state index is 5.66. The van der Waals surface area contributed by atoms with Crippen LogP contribution in [0.5, 0.6) is 5.88 Å². The molecule has 2 heterocycles. The summed E-state index contributed by atoms with van der Waals surface area (Å²) in [6, 6.07) is 7.46. The van der Waals surface area contributed by atoms with Crippen LogP contribution in [0.2, 0.25) is 0 Å². The van der Waals surface area contributed by atoms with E-state index in [9.17, 15) is 0 Å². The number of methoxy groups -OCH3 is 1. The number of ether oxygens (including phenoxy) is 1. The first-order valence-electron chi connectivity index (χ1n) is 4.94. The van der Waals surface area contributed by atoms with Crippen molar-refractivity contribution in [3.05, 3.63) is 36.0 Å². The molecule has 0 aliphatic rings. The second-order valence-corrected chi connectivity index (χ2v) is 3.49. The molecular formula is C12H13N3O. The molecule has 4 nitrogen and oxygen atoms in total. The Labute approximate surface area is 94.1 Å². The zero-order valence-electron chi connectivity index (χ0n) is 9.27. The number of nitrogens with zero attached hydrogens (tertiary/aromatic N) is 2. The molecule has 2 aromatic heterocycles. The number of nitrogen functional groups attached to an aromatic ring is 1. The Bertz CT molecular complexity index is 494. The number of hydrogen-bond donors (Lipinski definition) is 1. The zero-order chi connectivity index (χ0) is 11.5. The number of aryl methyl sites for hydroxylation is 1. The van der Waals surface area contributed by atoms with Gasteiger partial charge in [-0.1, -0.05) is 6.07 Å². The Kier molecular flexibility index (Phi) is 2.72. The average molecular weight is 215 g/mol. The van der Waals surface area contributed by atoms with E-state index in [2.05, 4.69) is 9.97 Å². The third-order valence-electron chi connectivity index (χ3n) is 2.34. The Hall–Kier alpha value is -2.10. The van der Waals surface area contributed by atoms with Crippen molar-refractivity contribution < 1.29 is 4.74 Å². The average Bonchev–Trinajstić information content (AvgIpc) is 2.32. The van der Waals surface area contributed by atoms with Crippen LogP contribution in [0.3, 0.4) is 0 Å². The van der Waals surface area contributed by atoms with E-state index >= 15 is 0 Å². The second kappa shape index (κ2) is 4.18. The van der Waals surface area contributed by atoms with Crippen LogP contribution in [-0.4, -0.2) is 17.1 Å². The first kappa shape index (κ1) is 10.4. The van der Waals surface area contributed by atoms with Gasteiger partial charge in [0.1, 0.15) is 5.82 Å². The van der Waals surface area contributed by atoms with Gasteiger partial charge >= 0.3 is 0 Å². The van der Waals surface area contributed by atoms with Crippen LogP contribution in [0.4, 0.5) is 5.82 Å². The number of hydrogen-bond acceptors (Lipinski definition) is 4. The summed E-state index contributed by atoms with van der Waals surface area (Å²) in [5, 5.41) is 0. The van der Waals surface area contributed by atoms with Gasteiger partial charge in [-0.25, -0.2) is 9.97 Å². The molecule has 0 aliphatic carbocycles. The standard InChI is InChI=1S/C12H13N3O/c1-8-3-5-10(13)15-12(8)9-4-6-11(16-2)14-7-9/h3-7H,1-2H3,(H2,13,15). The first-order valence-corrected chi connectivity index (χ1v) is 4.94. The molecule has 0 spiro atoms. The highest BCUT2D eigenvalue weighted by Gasteiger charge is 2.04. The van der Waals surface area contributed by atoms with Crippen molar-refractivity contribution in [1.82, 2.24) is 9.97 Å². The molecule has 0 aromatic carbocycles. The highest BCUT2D eigenvalue weighted by molar-refractivity contribution is 5.63. The van der Waals surface area contributed by atoms with Gasteiger partial charge in [-0.15, -0.1) is 0 Å². The van der Waals surface area contributed by atoms with E-state index in [0.717, 1.165) is 16.8 Å². The normalized spacial score (nSPS) is 10.1. The Morgan fingerprint density at radius 3 is 2.62 bits per heavy atom. The van der Waals surface area contributed by atoms with Crippen molar-refractivity contribution >= 4 is 5.82 Å². The lowest BCUT2D eigenvalue weighted by molar-refractivity contribution is 0.398. The molecule has 0 aliphatic heterocycles. The highest BCUT2D eigenvalue weighted by Crippen LogP contribution is 2.22. The van der Waals surface area contributed by atoms with Gasteiger partial charge in [0.2, 0.25) is 5.88 Å². The SMILES string of the molecule is COc1ccc(-c2nc(N)ccc2C)cn1. The molecule has 2 aromatic rings. The molecule has 0 saturated carbocycles. The fourth-order valence-electron chi connectivity index (χ4n) is 1.48. The Morgan fingerprint density at radius 2 is 2.00 bits per heavy atom. The molecule has 0 fully saturated rings. The van der Waals surface area contributed by atoms with Crippen LogP contribution >= 0.6 is 0 Å². The second-order valence-electron chi connectivity index (χ2n) is 3.49. The maximum Gasteiger partial charge on any atom is 0.212 e. The van der Waals surface area contributed by atoms with Crippen LogP contribution in [0.15, 0.2) is 30.5 Å². The number of aromatic nitrogens is 2. The van der Waals surface area contributed by atoms with E-state index < -0.39 is 0 Å². The van der Waals surface area contributed by atoms with Crippen LogP contribution < -0.4 is 10.5 Å². The minimum absolute atomic E-state index is 0.511. The van der Waals surface area contributed by atoms with Crippen molar-refractivity contribution in [1.29, 1.82) is 0 Å². The third kappa shape index (κ3) is 1.95. The van der Waals surface area contributed by atoms with E-state index in [1.807, 2.05) is 19.1 Å². The van der Waals surface area contributed by atoms with Crippen molar-refractivity contribution in [3.63, 3.8) is 0 Å². The van der Waals surface area contributed by atoms with Crippen molar-refractivity contribution in [2.75, 3.05) is 12.8 Å². The van der Waals surface area contributed by atoms with Gasteiger partial charge in [-0.2, -0.15) is 0 Å². The lowest BCUT2D eigenvalue weighted by Crippen LogP contribution is -1.95. The van der Waals surface area contributed by atoms with E-state index in [-0.39, 0.29) is 0 Å². The summed E-state index contributed by atoms with van der Waals surface area (Å²) >= 11 is 0. The zero-order valence-corrected chi connectivity index (χ0v) is 9.27. The summed E-state index contributed by atoms with van der Waals surface area (Å²) in [6.07, 6.45) is 1.73. The minimum atomic E-state index is 0.511. The van der Waals surface area contributed by atoms with Crippen molar-refractivity contribution in [2.24, 2.45) is 0 Å². The molecule has 2 N–H and O–H groups in total. The smallest absolute Gasteiger partial charge is 0.212 e. The molecule has 4 heteroatoms. The molecule has 0 unspecified atom stereocenters. The fraction of sp³-hybridized carbons (Fsp3) is 0.167. The molecule has 0 radical (unpaired) electrons. The van der Waals surface area contributed by atoms with E-state index in [0.29, 0.717) is 11.7 Å². The first-order chi connectivity index (χ1) is 7.70. The predicted octanol–water partition coefficient (Wildman–Crippen LogP) is 2.04. The molecule has 0 saturated heterocycles. The van der Waals surface area contributed by atoms with E-state index in [1.165, 1.54) is 0 Å². The molecule has 82 valence electrons. The maximum absolute atomic E-state index is 5.66. The summed E-state index contributed by atoms with van der Waals surface area (Å²) < 4.78 is 5.00. The molecule has 16 heavy (non-hydrogen) atoms. The molecule has 2 rings (SSSR count). The van der Waals surface area contributed by atoms with Gasteiger partial charge in [0.15, 0.2) is 0 Å². The Balaban J connectivity index is 2.45. The summed E-state index contributed by atoms with van der Waals surface area (Å²) in [4.78, 5) is 8.44. The molecule has 0 amide bonds. The number of nitrogens with two attached hydrogens (primary N) is 1. The largest absolute Gasteiger partial charge is 0.481 e. The highest BCUT2D eigenvalue weighted by atomic mass is 16.5. The molecular weight excluding hydrogens is 202 g/mol. The van der Waals surface area contributed by atoms with Gasteiger partial charge in [0, 0.05) is 17.8 Å². The van der Waals surface area contributed by atoms with Gasteiger partial charge in [-0.05, 0) is 24.6 Å². The lowest BCUT2D eigenvalue weighted by atomic mass is 10.1. The summed E-state index contributed by atoms with van der Waals surface area (Å²) in [5.41, 5.74) is 8.53. The Morgan fingerprint density at radius 1 is 1.19 bits per heavy atom. The van der Waals surface area contributed by atoms with Gasteiger partial charge in [0.25, 0.3) is 0 Å². The van der Waals surface area contributed by atoms with Crippen LogP contribution in [0.25, 0.3) is 11.3 Å². The quantitative estimate of drug-likeness (QED) is 0.832. The topological polar surface area (TPSA) is 61.0 Å². The van der Waals surface area contributed by atoms with Crippen molar-refractivity contribution in [3.8, 4) is 17.1 Å². The molecule has 0 atom stereocenters. The summed E-state index contributed by atoms with van der Waals surface area (Å²) in [6.45, 7) is 1.99. The monoisotopic (exact) mass is 215 g/mol. The van der Waals surface area contributed by atoms with Crippen LogP contribution in [-0.2, 0) is 0 Å². The van der Waals surface area contributed by atoms with E-state index in [1.54, 1.807) is 25.4 Å². The molecule has 0 bridgehead atoms. The number of rotatable bonds is 2. The van der Waals surface area contributed by atoms with E-state index in [4.69, 9.17) is 10.5 Å². The van der Waals surface area contributed by atoms with Crippen LogP contribution in [0, 0.1) is 6.92 Å². The number of pyridine rings is 2. The van der Waals surface area contributed by atoms with Crippen molar-refractivity contribution in [2.45, 2.75) is 6.92 Å². The summed E-state index contributed by atoms with van der Waals surface area (Å²) in [5.74, 6) is 1.10. The summed E-state index contributed by atoms with van der Waals surface area (Å²) in [7, 11) is 1.59. The van der Waals surface area contributed by atoms with Gasteiger partial charge in [0.05, 0.1) is 12.8 Å². The van der Waals surface area contributed by atoms with Crippen LogP contribution in [0.1, 0.15) is 5.56 Å². The predicted molar refractivity (Wildman–Crippen MR) is 63.2 cm³/mol. The number of anilines is 1. The van der Waals surface area contributed by atoms with Gasteiger partial charge in [-0.3, -0.25) is 0 Å². The van der Waals surface area contributed by atoms with Gasteiger partial charge < -0.3 is 10.5 Å². The lowest BCUT2D eigenvalue weighted by Gasteiger charge is -2.06. The fourth-order valence-corrected chi connectivity index (χ4v) is 1.48.